The quantitative estimate of drug-likeness (QED) is 0.314. The summed E-state index contributed by atoms with van der Waals surface area (Å²) in [5, 5.41) is 4.59. The maximum Gasteiger partial charge on any atom is 0.234 e. The number of aromatic nitrogens is 3. The number of anilines is 1. The number of nitrogens with one attached hydrogen (secondary N) is 2. The van der Waals surface area contributed by atoms with E-state index in [0.717, 1.165) is 31.4 Å². The standard InChI is InChI=1S/C20H17BrN4O3S/c1-27-12-4-6-15(16(8-12)28-2)24-17(26)9-29-20-19-18(22-10-23-20)13-7-11(21)3-5-14(13)25-19/h3-8,10,25H,9H2,1-2H3,(H,24,26). The average Bonchev–Trinajstić information content (AvgIpc) is 3.11. The maximum atomic E-state index is 12.5. The second-order valence-electron chi connectivity index (χ2n) is 6.12. The van der Waals surface area contributed by atoms with E-state index in [-0.39, 0.29) is 11.7 Å². The smallest absolute Gasteiger partial charge is 0.234 e. The van der Waals surface area contributed by atoms with Crippen molar-refractivity contribution in [2.45, 2.75) is 5.03 Å². The molecule has 9 heteroatoms. The molecule has 0 saturated heterocycles. The van der Waals surface area contributed by atoms with Crippen LogP contribution in [0.2, 0.25) is 0 Å². The lowest BCUT2D eigenvalue weighted by Gasteiger charge is -2.11. The van der Waals surface area contributed by atoms with Crippen molar-refractivity contribution < 1.29 is 14.3 Å². The van der Waals surface area contributed by atoms with E-state index < -0.39 is 0 Å². The molecule has 2 aromatic carbocycles. The molecule has 0 saturated carbocycles. The number of amides is 1. The summed E-state index contributed by atoms with van der Waals surface area (Å²) >= 11 is 4.84. The van der Waals surface area contributed by atoms with Crippen molar-refractivity contribution in [2.24, 2.45) is 0 Å². The van der Waals surface area contributed by atoms with E-state index in [1.165, 1.54) is 18.1 Å². The van der Waals surface area contributed by atoms with Crippen LogP contribution in [-0.2, 0) is 4.79 Å². The van der Waals surface area contributed by atoms with Gasteiger partial charge in [0.2, 0.25) is 5.91 Å². The molecule has 29 heavy (non-hydrogen) atoms. The molecule has 0 aliphatic carbocycles. The third kappa shape index (κ3) is 4.01. The third-order valence-electron chi connectivity index (χ3n) is 4.33. The number of benzene rings is 2. The number of H-pyrrole nitrogens is 1. The lowest BCUT2D eigenvalue weighted by molar-refractivity contribution is -0.113. The van der Waals surface area contributed by atoms with Crippen LogP contribution in [0.4, 0.5) is 5.69 Å². The Labute approximate surface area is 179 Å². The highest BCUT2D eigenvalue weighted by molar-refractivity contribution is 9.10. The number of rotatable bonds is 6. The first-order chi connectivity index (χ1) is 14.1. The van der Waals surface area contributed by atoms with Gasteiger partial charge in [-0.15, -0.1) is 0 Å². The van der Waals surface area contributed by atoms with Gasteiger partial charge in [-0.05, 0) is 30.3 Å². The van der Waals surface area contributed by atoms with E-state index in [1.54, 1.807) is 32.4 Å². The molecule has 0 spiro atoms. The molecule has 2 aromatic heterocycles. The molecular formula is C20H17BrN4O3S. The zero-order valence-corrected chi connectivity index (χ0v) is 18.1. The molecule has 2 heterocycles. The number of thioether (sulfide) groups is 1. The predicted molar refractivity (Wildman–Crippen MR) is 118 cm³/mol. The number of methoxy groups -OCH3 is 2. The van der Waals surface area contributed by atoms with Gasteiger partial charge >= 0.3 is 0 Å². The Kier molecular flexibility index (Phi) is 5.59. The Morgan fingerprint density at radius 2 is 2.03 bits per heavy atom. The Morgan fingerprint density at radius 1 is 1.17 bits per heavy atom. The van der Waals surface area contributed by atoms with E-state index in [2.05, 4.69) is 36.2 Å². The summed E-state index contributed by atoms with van der Waals surface area (Å²) in [6.45, 7) is 0. The number of carbonyl (C=O) groups excluding carboxylic acids is 1. The normalized spacial score (nSPS) is 11.0. The first-order valence-electron chi connectivity index (χ1n) is 8.65. The van der Waals surface area contributed by atoms with Crippen molar-refractivity contribution in [1.82, 2.24) is 15.0 Å². The fraction of sp³-hybridized carbons (Fsp3) is 0.150. The van der Waals surface area contributed by atoms with Gasteiger partial charge in [0, 0.05) is 21.4 Å². The second kappa shape index (κ2) is 8.30. The van der Waals surface area contributed by atoms with Crippen molar-refractivity contribution in [3.63, 3.8) is 0 Å². The molecule has 0 aliphatic heterocycles. The van der Waals surface area contributed by atoms with Gasteiger partial charge in [0.1, 0.15) is 28.4 Å². The highest BCUT2D eigenvalue weighted by Gasteiger charge is 2.14. The fourth-order valence-corrected chi connectivity index (χ4v) is 4.09. The Hall–Kier alpha value is -2.78. The molecule has 0 radical (unpaired) electrons. The summed E-state index contributed by atoms with van der Waals surface area (Å²) in [4.78, 5) is 24.6. The van der Waals surface area contributed by atoms with Crippen LogP contribution >= 0.6 is 27.7 Å². The van der Waals surface area contributed by atoms with Gasteiger partial charge in [-0.2, -0.15) is 0 Å². The molecule has 0 atom stereocenters. The Balaban J connectivity index is 1.52. The van der Waals surface area contributed by atoms with E-state index in [0.29, 0.717) is 17.2 Å². The highest BCUT2D eigenvalue weighted by atomic mass is 79.9. The molecule has 1 amide bonds. The molecule has 0 unspecified atom stereocenters. The molecule has 0 bridgehead atoms. The van der Waals surface area contributed by atoms with Crippen molar-refractivity contribution >= 4 is 61.2 Å². The average molecular weight is 473 g/mol. The predicted octanol–water partition coefficient (Wildman–Crippen LogP) is 4.62. The highest BCUT2D eigenvalue weighted by Crippen LogP contribution is 2.32. The van der Waals surface area contributed by atoms with Crippen LogP contribution < -0.4 is 14.8 Å². The summed E-state index contributed by atoms with van der Waals surface area (Å²) in [5.41, 5.74) is 3.21. The van der Waals surface area contributed by atoms with E-state index in [1.807, 2.05) is 18.2 Å². The van der Waals surface area contributed by atoms with Crippen molar-refractivity contribution in [3.05, 3.63) is 47.2 Å². The van der Waals surface area contributed by atoms with Crippen LogP contribution in [0, 0.1) is 0 Å². The van der Waals surface area contributed by atoms with Gasteiger partial charge in [-0.1, -0.05) is 27.7 Å². The number of aromatic amines is 1. The first kappa shape index (κ1) is 19.5. The Bertz CT molecular complexity index is 1210. The molecule has 0 aliphatic rings. The minimum absolute atomic E-state index is 0.163. The second-order valence-corrected chi connectivity index (χ2v) is 8.00. The van der Waals surface area contributed by atoms with E-state index >= 15 is 0 Å². The summed E-state index contributed by atoms with van der Waals surface area (Å²) in [6, 6.07) is 11.2. The number of hydrogen-bond acceptors (Lipinski definition) is 6. The number of carbonyl (C=O) groups is 1. The molecule has 4 rings (SSSR count). The third-order valence-corrected chi connectivity index (χ3v) is 5.81. The maximum absolute atomic E-state index is 12.5. The summed E-state index contributed by atoms with van der Waals surface area (Å²) < 4.78 is 11.5. The van der Waals surface area contributed by atoms with Gasteiger partial charge in [0.15, 0.2) is 0 Å². The van der Waals surface area contributed by atoms with Gasteiger partial charge in [0.05, 0.1) is 31.2 Å². The van der Waals surface area contributed by atoms with Crippen LogP contribution in [0.3, 0.4) is 0 Å². The molecule has 4 aromatic rings. The van der Waals surface area contributed by atoms with Crippen molar-refractivity contribution in [3.8, 4) is 11.5 Å². The number of halogens is 1. The topological polar surface area (TPSA) is 89.1 Å². The summed E-state index contributed by atoms with van der Waals surface area (Å²) in [5.74, 6) is 1.22. The van der Waals surface area contributed by atoms with Crippen LogP contribution in [0.5, 0.6) is 11.5 Å². The van der Waals surface area contributed by atoms with Crippen LogP contribution in [0.15, 0.2) is 52.2 Å². The number of fused-ring (bicyclic) bond motifs is 3. The zero-order valence-electron chi connectivity index (χ0n) is 15.7. The molecule has 2 N–H and O–H groups in total. The molecular weight excluding hydrogens is 456 g/mol. The Morgan fingerprint density at radius 3 is 2.83 bits per heavy atom. The van der Waals surface area contributed by atoms with Gasteiger partial charge < -0.3 is 19.8 Å². The lowest BCUT2D eigenvalue weighted by Crippen LogP contribution is -2.14. The molecule has 0 fully saturated rings. The SMILES string of the molecule is COc1ccc(NC(=O)CSc2ncnc3c2[nH]c2ccc(Br)cc23)c(OC)c1. The zero-order chi connectivity index (χ0) is 20.4. The summed E-state index contributed by atoms with van der Waals surface area (Å²) in [7, 11) is 3.12. The van der Waals surface area contributed by atoms with Gasteiger partial charge in [0.25, 0.3) is 0 Å². The van der Waals surface area contributed by atoms with Gasteiger partial charge in [-0.25, -0.2) is 9.97 Å². The van der Waals surface area contributed by atoms with Crippen LogP contribution in [-0.4, -0.2) is 40.8 Å². The summed E-state index contributed by atoms with van der Waals surface area (Å²) in [6.07, 6.45) is 1.52. The number of nitrogens with zero attached hydrogens (tertiary/aromatic N) is 2. The minimum atomic E-state index is -0.163. The van der Waals surface area contributed by atoms with Crippen molar-refractivity contribution in [2.75, 3.05) is 25.3 Å². The van der Waals surface area contributed by atoms with Crippen LogP contribution in [0.1, 0.15) is 0 Å². The largest absolute Gasteiger partial charge is 0.497 e. The van der Waals surface area contributed by atoms with Crippen molar-refractivity contribution in [1.29, 1.82) is 0 Å². The molecule has 148 valence electrons. The van der Waals surface area contributed by atoms with Gasteiger partial charge in [-0.3, -0.25) is 4.79 Å². The number of hydrogen-bond donors (Lipinski definition) is 2. The first-order valence-corrected chi connectivity index (χ1v) is 10.4. The van der Waals surface area contributed by atoms with Crippen LogP contribution in [0.25, 0.3) is 21.9 Å². The van der Waals surface area contributed by atoms with E-state index in [9.17, 15) is 4.79 Å². The minimum Gasteiger partial charge on any atom is -0.497 e. The lowest BCUT2D eigenvalue weighted by atomic mass is 10.2. The van der Waals surface area contributed by atoms with E-state index in [4.69, 9.17) is 9.47 Å². The fourth-order valence-electron chi connectivity index (χ4n) is 2.97. The number of ether oxygens (including phenoxy) is 2. The molecule has 7 nitrogen and oxygen atoms in total. The monoisotopic (exact) mass is 472 g/mol.